The molecule has 0 aromatic heterocycles. The number of carbonyl (C=O) groups is 3. The minimum absolute atomic E-state index is 0.167. The molecule has 0 radical (unpaired) electrons. The molecule has 34 heavy (non-hydrogen) atoms. The van der Waals surface area contributed by atoms with Gasteiger partial charge in [0, 0.05) is 32.1 Å². The van der Waals surface area contributed by atoms with Crippen LogP contribution >= 0.6 is 0 Å². The number of carboxylic acid groups (broad SMARTS) is 1. The van der Waals surface area contributed by atoms with E-state index in [9.17, 15) is 9.59 Å². The maximum Gasteiger partial charge on any atom is 0.300 e. The third-order valence-electron chi connectivity index (χ3n) is 3.17. The Kier molecular flexibility index (Phi) is 20.4. The van der Waals surface area contributed by atoms with Gasteiger partial charge in [0.2, 0.25) is 0 Å². The van der Waals surface area contributed by atoms with Crippen molar-refractivity contribution >= 4 is 17.8 Å². The summed E-state index contributed by atoms with van der Waals surface area (Å²) in [4.78, 5) is 31.5. The number of benzene rings is 3. The first kappa shape index (κ1) is 31.8. The lowest BCUT2D eigenvalue weighted by molar-refractivity contribution is -0.134. The topological polar surface area (TPSA) is 116 Å². The maximum absolute atomic E-state index is 11.2. The monoisotopic (exact) mass is 466 g/mol. The second kappa shape index (κ2) is 21.8. The fourth-order valence-corrected chi connectivity index (χ4v) is 1.86. The van der Waals surface area contributed by atoms with Crippen molar-refractivity contribution in [1.29, 1.82) is 0 Å². The van der Waals surface area contributed by atoms with Gasteiger partial charge in [-0.2, -0.15) is 0 Å². The molecule has 0 heterocycles. The van der Waals surface area contributed by atoms with Crippen molar-refractivity contribution in [3.8, 4) is 0 Å². The van der Waals surface area contributed by atoms with Crippen LogP contribution in [0.5, 0.6) is 0 Å². The molecule has 182 valence electrons. The largest absolute Gasteiger partial charge is 0.513 e. The van der Waals surface area contributed by atoms with Gasteiger partial charge in [-0.25, -0.2) is 0 Å². The zero-order valence-electron chi connectivity index (χ0n) is 20.1. The van der Waals surface area contributed by atoms with Crippen LogP contribution in [0.2, 0.25) is 0 Å². The molecule has 0 spiro atoms. The number of hydrogen-bond donors (Lipinski definition) is 4. The number of hydrogen-bond acceptors (Lipinski definition) is 4. The minimum atomic E-state index is -0.833. The second-order valence-corrected chi connectivity index (χ2v) is 6.30. The van der Waals surface area contributed by atoms with Crippen LogP contribution in [0, 0.1) is 0 Å². The Morgan fingerprint density at radius 2 is 0.824 bits per heavy atom. The van der Waals surface area contributed by atoms with Crippen LogP contribution in [0.3, 0.4) is 0 Å². The molecular weight excluding hydrogens is 432 g/mol. The molecule has 0 saturated heterocycles. The van der Waals surface area contributed by atoms with E-state index >= 15 is 0 Å². The van der Waals surface area contributed by atoms with E-state index in [4.69, 9.17) is 15.0 Å². The molecule has 0 fully saturated rings. The summed E-state index contributed by atoms with van der Waals surface area (Å²) in [6.45, 7) is 5.72. The summed E-state index contributed by atoms with van der Waals surface area (Å²) < 4.78 is 0. The van der Waals surface area contributed by atoms with Gasteiger partial charge in [-0.15, -0.1) is 0 Å². The molecule has 2 amide bonds. The highest BCUT2D eigenvalue weighted by Crippen LogP contribution is 2.04. The average Bonchev–Trinajstić information content (AvgIpc) is 2.85. The van der Waals surface area contributed by atoms with Crippen molar-refractivity contribution in [3.05, 3.63) is 121 Å². The molecule has 3 aromatic carbocycles. The number of nitrogens with one attached hydrogen (secondary N) is 2. The van der Waals surface area contributed by atoms with E-state index < -0.39 is 5.97 Å². The van der Waals surface area contributed by atoms with Crippen molar-refractivity contribution in [1.82, 2.24) is 10.6 Å². The van der Waals surface area contributed by atoms with E-state index in [2.05, 4.69) is 17.2 Å². The van der Waals surface area contributed by atoms with Gasteiger partial charge in [-0.1, -0.05) is 85.4 Å². The van der Waals surface area contributed by atoms with Crippen LogP contribution in [-0.2, 0) is 4.79 Å². The van der Waals surface area contributed by atoms with Crippen LogP contribution in [-0.4, -0.2) is 42.1 Å². The Morgan fingerprint density at radius 1 is 0.618 bits per heavy atom. The number of aliphatic hydroxyl groups excluding tert-OH is 1. The standard InChI is InChI=1S/C10H12N2O2.2C6H6.C3H6O.C2H4O2/c1-11-9(13)7-4-3-5-8(6-7)10(14)12-2;2*1-2-4-6-5-3-1;1-3(2)4;1-2(3)4/h3-6H,1-2H3,(H,11,13)(H,12,14);2*1-6H;4H,1H2,2H3;1H3,(H,3,4). The molecule has 4 N–H and O–H groups in total. The lowest BCUT2D eigenvalue weighted by Crippen LogP contribution is -2.21. The molecule has 0 aliphatic carbocycles. The summed E-state index contributed by atoms with van der Waals surface area (Å²) in [5.41, 5.74) is 0.960. The number of rotatable bonds is 2. The summed E-state index contributed by atoms with van der Waals surface area (Å²) in [7, 11) is 3.10. The fraction of sp³-hybridized carbons (Fsp3) is 0.148. The van der Waals surface area contributed by atoms with Crippen molar-refractivity contribution in [2.45, 2.75) is 13.8 Å². The molecule has 0 saturated carbocycles. The third kappa shape index (κ3) is 22.3. The molecule has 0 bridgehead atoms. The first-order valence-corrected chi connectivity index (χ1v) is 10.2. The van der Waals surface area contributed by atoms with Crippen molar-refractivity contribution in [3.63, 3.8) is 0 Å². The molecular formula is C27H34N2O5. The Hall–Kier alpha value is -4.39. The van der Waals surface area contributed by atoms with E-state index in [1.54, 1.807) is 38.4 Å². The lowest BCUT2D eigenvalue weighted by Gasteiger charge is -2.02. The Morgan fingerprint density at radius 3 is 1.00 bits per heavy atom. The lowest BCUT2D eigenvalue weighted by atomic mass is 10.1. The molecule has 7 heteroatoms. The van der Waals surface area contributed by atoms with E-state index in [0.29, 0.717) is 11.1 Å². The van der Waals surface area contributed by atoms with E-state index in [1.807, 2.05) is 72.8 Å². The van der Waals surface area contributed by atoms with Crippen LogP contribution in [0.25, 0.3) is 0 Å². The van der Waals surface area contributed by atoms with Crippen LogP contribution in [0.1, 0.15) is 34.6 Å². The van der Waals surface area contributed by atoms with Crippen LogP contribution in [0.15, 0.2) is 109 Å². The Bertz CT molecular complexity index is 809. The zero-order chi connectivity index (χ0) is 26.2. The Labute approximate surface area is 201 Å². The SMILES string of the molecule is C=C(C)O.CC(=O)O.CNC(=O)c1cccc(C(=O)NC)c1.c1ccccc1.c1ccccc1. The van der Waals surface area contributed by atoms with Crippen LogP contribution in [0.4, 0.5) is 0 Å². The van der Waals surface area contributed by atoms with Gasteiger partial charge in [0.1, 0.15) is 0 Å². The molecule has 3 rings (SSSR count). The predicted molar refractivity (Wildman–Crippen MR) is 137 cm³/mol. The quantitative estimate of drug-likeness (QED) is 0.399. The van der Waals surface area contributed by atoms with Crippen molar-refractivity contribution < 1.29 is 24.6 Å². The van der Waals surface area contributed by atoms with Gasteiger partial charge in [0.05, 0.1) is 5.76 Å². The molecule has 3 aromatic rings. The molecule has 0 unspecified atom stereocenters. The zero-order valence-corrected chi connectivity index (χ0v) is 20.1. The number of allylic oxidation sites excluding steroid dienone is 1. The van der Waals surface area contributed by atoms with Gasteiger partial charge in [-0.3, -0.25) is 14.4 Å². The maximum atomic E-state index is 11.2. The predicted octanol–water partition coefficient (Wildman–Crippen LogP) is 4.95. The molecule has 0 aliphatic rings. The highest BCUT2D eigenvalue weighted by molar-refractivity contribution is 5.99. The van der Waals surface area contributed by atoms with Crippen molar-refractivity contribution in [2.75, 3.05) is 14.1 Å². The number of aliphatic hydroxyl groups is 1. The minimum Gasteiger partial charge on any atom is -0.513 e. The van der Waals surface area contributed by atoms with Crippen LogP contribution < -0.4 is 10.6 Å². The highest BCUT2D eigenvalue weighted by Gasteiger charge is 2.07. The third-order valence-corrected chi connectivity index (χ3v) is 3.17. The molecule has 0 aliphatic heterocycles. The van der Waals surface area contributed by atoms with Gasteiger partial charge >= 0.3 is 0 Å². The van der Waals surface area contributed by atoms with Gasteiger partial charge in [0.25, 0.3) is 17.8 Å². The first-order chi connectivity index (χ1) is 16.1. The number of carboxylic acids is 1. The van der Waals surface area contributed by atoms with Gasteiger partial charge < -0.3 is 20.8 Å². The van der Waals surface area contributed by atoms with E-state index in [0.717, 1.165) is 6.92 Å². The van der Waals surface area contributed by atoms with Gasteiger partial charge in [0.15, 0.2) is 0 Å². The highest BCUT2D eigenvalue weighted by atomic mass is 16.4. The van der Waals surface area contributed by atoms with Crippen molar-refractivity contribution in [2.24, 2.45) is 0 Å². The number of aliphatic carboxylic acids is 1. The summed E-state index contributed by atoms with van der Waals surface area (Å²) in [5.74, 6) is -1.06. The summed E-state index contributed by atoms with van der Waals surface area (Å²) >= 11 is 0. The smallest absolute Gasteiger partial charge is 0.300 e. The summed E-state index contributed by atoms with van der Waals surface area (Å²) in [5, 5.41) is 20.3. The fourth-order valence-electron chi connectivity index (χ4n) is 1.86. The molecule has 0 atom stereocenters. The average molecular weight is 467 g/mol. The van der Waals surface area contributed by atoms with E-state index in [1.165, 1.54) is 6.92 Å². The summed E-state index contributed by atoms with van der Waals surface area (Å²) in [6.07, 6.45) is 0. The Balaban J connectivity index is 0. The normalized spacial score (nSPS) is 8.12. The first-order valence-electron chi connectivity index (χ1n) is 10.2. The number of amides is 2. The number of carbonyl (C=O) groups excluding carboxylic acids is 2. The molecule has 7 nitrogen and oxygen atoms in total. The van der Waals surface area contributed by atoms with E-state index in [-0.39, 0.29) is 17.6 Å². The van der Waals surface area contributed by atoms with Gasteiger partial charge in [-0.05, 0) is 25.1 Å². The second-order valence-electron chi connectivity index (χ2n) is 6.30. The summed E-state index contributed by atoms with van der Waals surface area (Å²) in [6, 6.07) is 30.5.